The first kappa shape index (κ1) is 20.1. The van der Waals surface area contributed by atoms with Crippen LogP contribution in [0.5, 0.6) is 0 Å². The van der Waals surface area contributed by atoms with Crippen LogP contribution in [0.15, 0.2) is 29.3 Å². The Morgan fingerprint density at radius 2 is 2.30 bits per heavy atom. The number of thioether (sulfide) groups is 1. The van der Waals surface area contributed by atoms with E-state index in [1.165, 1.54) is 0 Å². The Balaban J connectivity index is 0.00000264. The van der Waals surface area contributed by atoms with Crippen molar-refractivity contribution in [2.75, 3.05) is 25.9 Å². The van der Waals surface area contributed by atoms with Gasteiger partial charge >= 0.3 is 0 Å². The lowest BCUT2D eigenvalue weighted by atomic mass is 10.1. The van der Waals surface area contributed by atoms with Gasteiger partial charge in [-0.2, -0.15) is 17.0 Å². The van der Waals surface area contributed by atoms with Gasteiger partial charge in [-0.1, -0.05) is 26.0 Å². The second-order valence-electron chi connectivity index (χ2n) is 5.81. The molecule has 1 N–H and O–H groups in total. The number of guanidine groups is 1. The molecule has 6 heteroatoms. The number of rotatable bonds is 3. The maximum absolute atomic E-state index is 8.97. The third-order valence-electron chi connectivity index (χ3n) is 3.86. The SMILES string of the molecule is CN=C(NCc1cccc(C#N)c1)N1CCSC(C(C)C)C1.I. The number of benzene rings is 1. The van der Waals surface area contributed by atoms with Gasteiger partial charge in [-0.3, -0.25) is 4.99 Å². The van der Waals surface area contributed by atoms with Crippen molar-refractivity contribution >= 4 is 41.7 Å². The van der Waals surface area contributed by atoms with E-state index >= 15 is 0 Å². The Labute approximate surface area is 160 Å². The van der Waals surface area contributed by atoms with Gasteiger partial charge in [0.25, 0.3) is 0 Å². The average molecular weight is 444 g/mol. The minimum absolute atomic E-state index is 0. The van der Waals surface area contributed by atoms with E-state index in [1.807, 2.05) is 31.3 Å². The van der Waals surface area contributed by atoms with Crippen molar-refractivity contribution in [1.29, 1.82) is 5.26 Å². The van der Waals surface area contributed by atoms with Crippen molar-refractivity contribution in [2.24, 2.45) is 10.9 Å². The van der Waals surface area contributed by atoms with Crippen molar-refractivity contribution in [2.45, 2.75) is 25.6 Å². The molecule has 1 aliphatic heterocycles. The van der Waals surface area contributed by atoms with E-state index in [4.69, 9.17) is 5.26 Å². The highest BCUT2D eigenvalue weighted by Crippen LogP contribution is 2.24. The molecule has 0 aliphatic carbocycles. The monoisotopic (exact) mass is 444 g/mol. The predicted molar refractivity (Wildman–Crippen MR) is 109 cm³/mol. The summed E-state index contributed by atoms with van der Waals surface area (Å²) in [6.45, 7) is 7.33. The molecule has 126 valence electrons. The highest BCUT2D eigenvalue weighted by molar-refractivity contribution is 14.0. The maximum Gasteiger partial charge on any atom is 0.193 e. The third-order valence-corrected chi connectivity index (χ3v) is 5.39. The van der Waals surface area contributed by atoms with Gasteiger partial charge in [0.2, 0.25) is 0 Å². The van der Waals surface area contributed by atoms with Crippen LogP contribution in [0, 0.1) is 17.2 Å². The van der Waals surface area contributed by atoms with Gasteiger partial charge in [-0.05, 0) is 23.6 Å². The molecular formula is C17H25IN4S. The van der Waals surface area contributed by atoms with Crippen molar-refractivity contribution in [3.63, 3.8) is 0 Å². The van der Waals surface area contributed by atoms with E-state index in [0.717, 1.165) is 30.4 Å². The average Bonchev–Trinajstić information content (AvgIpc) is 2.56. The molecule has 1 fully saturated rings. The molecule has 1 aromatic rings. The first-order valence-corrected chi connectivity index (χ1v) is 8.75. The summed E-state index contributed by atoms with van der Waals surface area (Å²) in [7, 11) is 1.83. The molecule has 4 nitrogen and oxygen atoms in total. The fourth-order valence-electron chi connectivity index (χ4n) is 2.54. The van der Waals surface area contributed by atoms with E-state index in [1.54, 1.807) is 0 Å². The van der Waals surface area contributed by atoms with Crippen molar-refractivity contribution < 1.29 is 0 Å². The quantitative estimate of drug-likeness (QED) is 0.442. The molecule has 1 atom stereocenters. The zero-order valence-corrected chi connectivity index (χ0v) is 17.1. The smallest absolute Gasteiger partial charge is 0.193 e. The molecule has 0 spiro atoms. The first-order chi connectivity index (χ1) is 10.6. The second kappa shape index (κ2) is 10.0. The van der Waals surface area contributed by atoms with Gasteiger partial charge in [0, 0.05) is 37.7 Å². The zero-order chi connectivity index (χ0) is 15.9. The number of nitriles is 1. The van der Waals surface area contributed by atoms with Crippen LogP contribution in [0.1, 0.15) is 25.0 Å². The Morgan fingerprint density at radius 3 is 2.96 bits per heavy atom. The van der Waals surface area contributed by atoms with Crippen LogP contribution in [0.4, 0.5) is 0 Å². The zero-order valence-electron chi connectivity index (χ0n) is 14.0. The van der Waals surface area contributed by atoms with E-state index in [-0.39, 0.29) is 24.0 Å². The Kier molecular flexibility index (Phi) is 8.77. The highest BCUT2D eigenvalue weighted by Gasteiger charge is 2.24. The first-order valence-electron chi connectivity index (χ1n) is 7.70. The highest BCUT2D eigenvalue weighted by atomic mass is 127. The van der Waals surface area contributed by atoms with E-state index in [0.29, 0.717) is 23.3 Å². The molecule has 1 heterocycles. The van der Waals surface area contributed by atoms with Gasteiger partial charge in [0.15, 0.2) is 5.96 Å². The lowest BCUT2D eigenvalue weighted by Crippen LogP contribution is -2.48. The van der Waals surface area contributed by atoms with Crippen LogP contribution >= 0.6 is 35.7 Å². The van der Waals surface area contributed by atoms with Gasteiger partial charge in [-0.15, -0.1) is 24.0 Å². The summed E-state index contributed by atoms with van der Waals surface area (Å²) in [5.41, 5.74) is 1.80. The van der Waals surface area contributed by atoms with Crippen LogP contribution < -0.4 is 5.32 Å². The number of nitrogens with one attached hydrogen (secondary N) is 1. The molecule has 2 rings (SSSR count). The van der Waals surface area contributed by atoms with Gasteiger partial charge in [0.1, 0.15) is 0 Å². The number of nitrogens with zero attached hydrogens (tertiary/aromatic N) is 3. The minimum atomic E-state index is 0. The summed E-state index contributed by atoms with van der Waals surface area (Å²) in [4.78, 5) is 6.76. The Hall–Kier alpha value is -0.940. The number of hydrogen-bond donors (Lipinski definition) is 1. The molecular weight excluding hydrogens is 419 g/mol. The standard InChI is InChI=1S/C17H24N4S.HI/c1-13(2)16-12-21(7-8-22-16)17(19-3)20-11-15-6-4-5-14(9-15)10-18;/h4-6,9,13,16H,7-8,11-12H2,1-3H3,(H,19,20);1H. The third kappa shape index (κ3) is 5.88. The molecule has 0 radical (unpaired) electrons. The van der Waals surface area contributed by atoms with Gasteiger partial charge in [0.05, 0.1) is 11.6 Å². The van der Waals surface area contributed by atoms with Crippen molar-refractivity contribution in [1.82, 2.24) is 10.2 Å². The molecule has 1 saturated heterocycles. The molecule has 1 aliphatic rings. The van der Waals surface area contributed by atoms with Crippen LogP contribution in [0.25, 0.3) is 0 Å². The summed E-state index contributed by atoms with van der Waals surface area (Å²) in [5, 5.41) is 13.1. The fraction of sp³-hybridized carbons (Fsp3) is 0.529. The fourth-order valence-corrected chi connectivity index (χ4v) is 3.83. The van der Waals surface area contributed by atoms with E-state index in [9.17, 15) is 0 Å². The lowest BCUT2D eigenvalue weighted by molar-refractivity contribution is 0.380. The number of aliphatic imine (C=N–C) groups is 1. The van der Waals surface area contributed by atoms with Crippen LogP contribution in [0.3, 0.4) is 0 Å². The van der Waals surface area contributed by atoms with E-state index < -0.39 is 0 Å². The molecule has 23 heavy (non-hydrogen) atoms. The predicted octanol–water partition coefficient (Wildman–Crippen LogP) is 3.33. The second-order valence-corrected chi connectivity index (χ2v) is 7.16. The summed E-state index contributed by atoms with van der Waals surface area (Å²) in [6, 6.07) is 9.88. The van der Waals surface area contributed by atoms with Crippen LogP contribution in [-0.2, 0) is 6.54 Å². The minimum Gasteiger partial charge on any atom is -0.352 e. The van der Waals surface area contributed by atoms with Crippen LogP contribution in [0.2, 0.25) is 0 Å². The molecule has 1 unspecified atom stereocenters. The number of hydrogen-bond acceptors (Lipinski definition) is 3. The molecule has 0 saturated carbocycles. The van der Waals surface area contributed by atoms with Crippen molar-refractivity contribution in [3.05, 3.63) is 35.4 Å². The summed E-state index contributed by atoms with van der Waals surface area (Å²) < 4.78 is 0. The Morgan fingerprint density at radius 1 is 1.52 bits per heavy atom. The molecule has 0 bridgehead atoms. The summed E-state index contributed by atoms with van der Waals surface area (Å²) in [5.74, 6) is 2.78. The van der Waals surface area contributed by atoms with Crippen LogP contribution in [-0.4, -0.2) is 42.0 Å². The Bertz CT molecular complexity index is 568. The van der Waals surface area contributed by atoms with Gasteiger partial charge < -0.3 is 10.2 Å². The molecule has 0 aromatic heterocycles. The van der Waals surface area contributed by atoms with Crippen molar-refractivity contribution in [3.8, 4) is 6.07 Å². The summed E-state index contributed by atoms with van der Waals surface area (Å²) in [6.07, 6.45) is 0. The normalized spacial score (nSPS) is 18.3. The molecule has 1 aromatic carbocycles. The largest absolute Gasteiger partial charge is 0.352 e. The maximum atomic E-state index is 8.97. The van der Waals surface area contributed by atoms with Gasteiger partial charge in [-0.25, -0.2) is 0 Å². The molecule has 0 amide bonds. The summed E-state index contributed by atoms with van der Waals surface area (Å²) >= 11 is 2.06. The topological polar surface area (TPSA) is 51.4 Å². The lowest BCUT2D eigenvalue weighted by Gasteiger charge is -2.36. The number of halogens is 1. The van der Waals surface area contributed by atoms with E-state index in [2.05, 4.69) is 46.9 Å².